The summed E-state index contributed by atoms with van der Waals surface area (Å²) in [6, 6.07) is 9.93. The van der Waals surface area contributed by atoms with Gasteiger partial charge in [-0.3, -0.25) is 0 Å². The smallest absolute Gasteiger partial charge is 0.150 e. The Balaban J connectivity index is 2.55. The Morgan fingerprint density at radius 2 is 1.75 bits per heavy atom. The van der Waals surface area contributed by atoms with E-state index >= 15 is 0 Å². The molecule has 16 heavy (non-hydrogen) atoms. The molecule has 0 spiro atoms. The molecule has 0 aliphatic rings. The second kappa shape index (κ2) is 3.08. The molecular formula is C14H12FN. The molecule has 0 atom stereocenters. The molecule has 0 radical (unpaired) electrons. The molecule has 1 nitrogen and oxygen atoms in total. The lowest BCUT2D eigenvalue weighted by Gasteiger charge is -1.96. The van der Waals surface area contributed by atoms with E-state index in [1.165, 1.54) is 5.56 Å². The number of halogens is 1. The van der Waals surface area contributed by atoms with Crippen LogP contribution in [0.25, 0.3) is 21.8 Å². The van der Waals surface area contributed by atoms with Crippen molar-refractivity contribution in [3.8, 4) is 0 Å². The summed E-state index contributed by atoms with van der Waals surface area (Å²) < 4.78 is 13.9. The fraction of sp³-hybridized carbons (Fsp3) is 0.143. The largest absolute Gasteiger partial charge is 0.352 e. The maximum Gasteiger partial charge on any atom is 0.150 e. The van der Waals surface area contributed by atoms with Gasteiger partial charge in [-0.15, -0.1) is 0 Å². The van der Waals surface area contributed by atoms with Crippen LogP contribution in [0.1, 0.15) is 11.1 Å². The third-order valence-corrected chi connectivity index (χ3v) is 3.06. The first-order chi connectivity index (χ1) is 7.66. The molecule has 0 amide bonds. The Morgan fingerprint density at radius 3 is 2.56 bits per heavy atom. The highest BCUT2D eigenvalue weighted by molar-refractivity contribution is 6.07. The Morgan fingerprint density at radius 1 is 1.00 bits per heavy atom. The molecule has 0 bridgehead atoms. The molecule has 1 aromatic heterocycles. The molecule has 1 heterocycles. The number of hydrogen-bond donors (Lipinski definition) is 1. The summed E-state index contributed by atoms with van der Waals surface area (Å²) in [5.74, 6) is -0.147. The summed E-state index contributed by atoms with van der Waals surface area (Å²) in [6.07, 6.45) is 0. The fourth-order valence-electron chi connectivity index (χ4n) is 2.16. The highest BCUT2D eigenvalue weighted by Crippen LogP contribution is 2.28. The summed E-state index contributed by atoms with van der Waals surface area (Å²) in [6.45, 7) is 3.82. The van der Waals surface area contributed by atoms with Gasteiger partial charge < -0.3 is 4.98 Å². The van der Waals surface area contributed by atoms with Crippen molar-refractivity contribution in [1.82, 2.24) is 4.98 Å². The van der Waals surface area contributed by atoms with E-state index in [-0.39, 0.29) is 5.82 Å². The molecule has 0 unspecified atom stereocenters. The predicted octanol–water partition coefficient (Wildman–Crippen LogP) is 4.08. The molecule has 2 aromatic carbocycles. The number of fused-ring (bicyclic) bond motifs is 3. The second-order valence-electron chi connectivity index (χ2n) is 4.29. The highest BCUT2D eigenvalue weighted by atomic mass is 19.1. The molecule has 0 saturated carbocycles. The number of rotatable bonds is 0. The Hall–Kier alpha value is -1.83. The summed E-state index contributed by atoms with van der Waals surface area (Å²) in [4.78, 5) is 3.15. The third kappa shape index (κ3) is 1.16. The van der Waals surface area contributed by atoms with E-state index < -0.39 is 0 Å². The van der Waals surface area contributed by atoms with Gasteiger partial charge >= 0.3 is 0 Å². The van der Waals surface area contributed by atoms with Crippen LogP contribution in [0.4, 0.5) is 4.39 Å². The van der Waals surface area contributed by atoms with Crippen molar-refractivity contribution in [2.75, 3.05) is 0 Å². The van der Waals surface area contributed by atoms with Crippen molar-refractivity contribution in [1.29, 1.82) is 0 Å². The summed E-state index contributed by atoms with van der Waals surface area (Å²) in [7, 11) is 0. The van der Waals surface area contributed by atoms with Gasteiger partial charge in [0.2, 0.25) is 0 Å². The first-order valence-corrected chi connectivity index (χ1v) is 5.34. The first kappa shape index (κ1) is 9.40. The van der Waals surface area contributed by atoms with Crippen molar-refractivity contribution in [2.24, 2.45) is 0 Å². The Labute approximate surface area is 92.9 Å². The number of aromatic amines is 1. The maximum atomic E-state index is 13.9. The zero-order valence-electron chi connectivity index (χ0n) is 9.26. The third-order valence-electron chi connectivity index (χ3n) is 3.06. The zero-order valence-corrected chi connectivity index (χ0v) is 9.26. The van der Waals surface area contributed by atoms with Crippen LogP contribution in [0, 0.1) is 19.7 Å². The molecule has 0 saturated heterocycles. The van der Waals surface area contributed by atoms with E-state index in [1.807, 2.05) is 37.3 Å². The van der Waals surface area contributed by atoms with Crippen molar-refractivity contribution in [2.45, 2.75) is 13.8 Å². The summed E-state index contributed by atoms with van der Waals surface area (Å²) in [5, 5.41) is 2.04. The number of aryl methyl sites for hydroxylation is 2. The van der Waals surface area contributed by atoms with Gasteiger partial charge in [-0.25, -0.2) is 4.39 Å². The standard InChI is InChI=1S/C14H12FN/c1-8-3-5-10-11-6-4-9(2)13(15)14(11)16-12(10)7-8/h3-7,16H,1-2H3. The van der Waals surface area contributed by atoms with Gasteiger partial charge in [0.15, 0.2) is 0 Å². The average Bonchev–Trinajstić information content (AvgIpc) is 2.62. The molecule has 3 aromatic rings. The van der Waals surface area contributed by atoms with Crippen molar-refractivity contribution in [3.05, 3.63) is 47.3 Å². The normalized spacial score (nSPS) is 11.4. The van der Waals surface area contributed by atoms with Crippen LogP contribution >= 0.6 is 0 Å². The second-order valence-corrected chi connectivity index (χ2v) is 4.29. The number of benzene rings is 2. The van der Waals surface area contributed by atoms with Gasteiger partial charge in [-0.05, 0) is 31.0 Å². The van der Waals surface area contributed by atoms with E-state index in [0.717, 1.165) is 16.3 Å². The number of H-pyrrole nitrogens is 1. The lowest BCUT2D eigenvalue weighted by Crippen LogP contribution is -1.82. The van der Waals surface area contributed by atoms with Crippen LogP contribution in [0.3, 0.4) is 0 Å². The van der Waals surface area contributed by atoms with E-state index in [0.29, 0.717) is 11.1 Å². The van der Waals surface area contributed by atoms with Crippen molar-refractivity contribution >= 4 is 21.8 Å². The predicted molar refractivity (Wildman–Crippen MR) is 65.2 cm³/mol. The molecule has 0 aliphatic heterocycles. The molecule has 2 heteroatoms. The van der Waals surface area contributed by atoms with Gasteiger partial charge in [0.05, 0.1) is 5.52 Å². The van der Waals surface area contributed by atoms with Crippen LogP contribution in [0.2, 0.25) is 0 Å². The average molecular weight is 213 g/mol. The molecule has 0 fully saturated rings. The zero-order chi connectivity index (χ0) is 11.3. The number of nitrogens with one attached hydrogen (secondary N) is 1. The van der Waals surface area contributed by atoms with Gasteiger partial charge in [0, 0.05) is 16.3 Å². The summed E-state index contributed by atoms with van der Waals surface area (Å²) in [5.41, 5.74) is 3.46. The Kier molecular flexibility index (Phi) is 1.81. The quantitative estimate of drug-likeness (QED) is 0.579. The number of aromatic nitrogens is 1. The molecule has 3 rings (SSSR count). The van der Waals surface area contributed by atoms with Gasteiger partial charge in [0.1, 0.15) is 5.82 Å². The minimum absolute atomic E-state index is 0.147. The Bertz CT molecular complexity index is 695. The molecule has 1 N–H and O–H groups in total. The van der Waals surface area contributed by atoms with Crippen LogP contribution in [0.15, 0.2) is 30.3 Å². The molecule has 80 valence electrons. The van der Waals surface area contributed by atoms with E-state index in [2.05, 4.69) is 4.98 Å². The van der Waals surface area contributed by atoms with E-state index in [9.17, 15) is 4.39 Å². The van der Waals surface area contributed by atoms with Crippen molar-refractivity contribution in [3.63, 3.8) is 0 Å². The SMILES string of the molecule is Cc1ccc2c(c1)[nH]c1c(F)c(C)ccc12. The number of hydrogen-bond acceptors (Lipinski definition) is 0. The van der Waals surface area contributed by atoms with Gasteiger partial charge in [-0.1, -0.05) is 24.3 Å². The molecule has 0 aliphatic carbocycles. The van der Waals surface area contributed by atoms with Gasteiger partial charge in [0.25, 0.3) is 0 Å². The maximum absolute atomic E-state index is 13.9. The van der Waals surface area contributed by atoms with Crippen LogP contribution in [-0.4, -0.2) is 4.98 Å². The van der Waals surface area contributed by atoms with E-state index in [4.69, 9.17) is 0 Å². The van der Waals surface area contributed by atoms with Crippen molar-refractivity contribution < 1.29 is 4.39 Å². The van der Waals surface area contributed by atoms with Gasteiger partial charge in [-0.2, -0.15) is 0 Å². The van der Waals surface area contributed by atoms with Crippen LogP contribution in [0.5, 0.6) is 0 Å². The lowest BCUT2D eigenvalue weighted by atomic mass is 10.1. The minimum Gasteiger partial charge on any atom is -0.352 e. The summed E-state index contributed by atoms with van der Waals surface area (Å²) >= 11 is 0. The topological polar surface area (TPSA) is 15.8 Å². The van der Waals surface area contributed by atoms with Crippen LogP contribution < -0.4 is 0 Å². The van der Waals surface area contributed by atoms with E-state index in [1.54, 1.807) is 6.92 Å². The van der Waals surface area contributed by atoms with Crippen LogP contribution in [-0.2, 0) is 0 Å². The monoisotopic (exact) mass is 213 g/mol. The fourth-order valence-corrected chi connectivity index (χ4v) is 2.16. The first-order valence-electron chi connectivity index (χ1n) is 5.34. The molecular weight excluding hydrogens is 201 g/mol. The minimum atomic E-state index is -0.147. The lowest BCUT2D eigenvalue weighted by molar-refractivity contribution is 0.628. The highest BCUT2D eigenvalue weighted by Gasteiger charge is 2.09.